The Hall–Kier alpha value is -2.40. The Morgan fingerprint density at radius 3 is 2.59 bits per heavy atom. The van der Waals surface area contributed by atoms with Crippen LogP contribution in [-0.2, 0) is 0 Å². The fraction of sp³-hybridized carbons (Fsp3) is 0.235. The van der Waals surface area contributed by atoms with E-state index in [0.29, 0.717) is 17.1 Å². The van der Waals surface area contributed by atoms with E-state index in [1.165, 1.54) is 26.2 Å². The van der Waals surface area contributed by atoms with E-state index < -0.39 is 11.9 Å². The first-order chi connectivity index (χ1) is 10.5. The molecule has 22 heavy (non-hydrogen) atoms. The second-order valence-corrected chi connectivity index (χ2v) is 4.77. The van der Waals surface area contributed by atoms with E-state index in [9.17, 15) is 14.3 Å². The van der Waals surface area contributed by atoms with E-state index in [4.69, 9.17) is 9.47 Å². The van der Waals surface area contributed by atoms with Gasteiger partial charge in [-0.15, -0.1) is 0 Å². The molecular weight excluding hydrogens is 287 g/mol. The van der Waals surface area contributed by atoms with Crippen LogP contribution in [0.1, 0.15) is 28.9 Å². The molecule has 0 amide bonds. The fourth-order valence-corrected chi connectivity index (χ4v) is 2.01. The van der Waals surface area contributed by atoms with E-state index in [1.807, 2.05) is 0 Å². The Bertz CT molecular complexity index is 669. The summed E-state index contributed by atoms with van der Waals surface area (Å²) in [5.41, 5.74) is 0.667. The van der Waals surface area contributed by atoms with Crippen molar-refractivity contribution >= 4 is 5.78 Å². The SMILES string of the molecule is COc1cc(C(C)=O)ccc1OCC(O)c1ccccc1F. The molecule has 0 heterocycles. The predicted octanol–water partition coefficient (Wildman–Crippen LogP) is 3.15. The second-order valence-electron chi connectivity index (χ2n) is 4.77. The zero-order chi connectivity index (χ0) is 16.1. The zero-order valence-corrected chi connectivity index (χ0v) is 12.4. The summed E-state index contributed by atoms with van der Waals surface area (Å²) < 4.78 is 24.2. The molecule has 1 N–H and O–H groups in total. The molecule has 5 heteroatoms. The van der Waals surface area contributed by atoms with Crippen molar-refractivity contribution in [2.75, 3.05) is 13.7 Å². The largest absolute Gasteiger partial charge is 0.493 e. The number of methoxy groups -OCH3 is 1. The number of benzene rings is 2. The van der Waals surface area contributed by atoms with Crippen molar-refractivity contribution in [1.29, 1.82) is 0 Å². The lowest BCUT2D eigenvalue weighted by Crippen LogP contribution is -2.11. The van der Waals surface area contributed by atoms with Gasteiger partial charge in [-0.2, -0.15) is 0 Å². The van der Waals surface area contributed by atoms with Crippen LogP contribution in [0.2, 0.25) is 0 Å². The van der Waals surface area contributed by atoms with E-state index >= 15 is 0 Å². The topological polar surface area (TPSA) is 55.8 Å². The highest BCUT2D eigenvalue weighted by Crippen LogP contribution is 2.29. The smallest absolute Gasteiger partial charge is 0.161 e. The van der Waals surface area contributed by atoms with E-state index in [2.05, 4.69) is 0 Å². The van der Waals surface area contributed by atoms with E-state index in [1.54, 1.807) is 30.3 Å². The van der Waals surface area contributed by atoms with Crippen molar-refractivity contribution in [3.63, 3.8) is 0 Å². The molecule has 4 nitrogen and oxygen atoms in total. The molecule has 0 saturated carbocycles. The minimum absolute atomic E-state index is 0.0868. The van der Waals surface area contributed by atoms with Gasteiger partial charge in [-0.3, -0.25) is 4.79 Å². The molecule has 0 aliphatic carbocycles. The van der Waals surface area contributed by atoms with Crippen LogP contribution >= 0.6 is 0 Å². The number of carbonyl (C=O) groups is 1. The van der Waals surface area contributed by atoms with Crippen molar-refractivity contribution in [1.82, 2.24) is 0 Å². The number of Topliss-reactive ketones (excluding diaryl/α,β-unsaturated/α-hetero) is 1. The minimum atomic E-state index is -1.10. The number of halogens is 1. The van der Waals surface area contributed by atoms with Gasteiger partial charge in [-0.25, -0.2) is 4.39 Å². The van der Waals surface area contributed by atoms with Crippen molar-refractivity contribution in [3.05, 3.63) is 59.4 Å². The molecule has 0 fully saturated rings. The molecular formula is C17H17FO4. The highest BCUT2D eigenvalue weighted by molar-refractivity contribution is 5.94. The summed E-state index contributed by atoms with van der Waals surface area (Å²) in [5, 5.41) is 10.0. The summed E-state index contributed by atoms with van der Waals surface area (Å²) in [6, 6.07) is 10.7. The molecule has 116 valence electrons. The summed E-state index contributed by atoms with van der Waals surface area (Å²) >= 11 is 0. The lowest BCUT2D eigenvalue weighted by atomic mass is 10.1. The number of rotatable bonds is 6. The van der Waals surface area contributed by atoms with E-state index in [0.717, 1.165) is 0 Å². The summed E-state index contributed by atoms with van der Waals surface area (Å²) in [4.78, 5) is 11.3. The van der Waals surface area contributed by atoms with Gasteiger partial charge in [0.1, 0.15) is 18.5 Å². The number of aliphatic hydroxyl groups is 1. The second kappa shape index (κ2) is 7.04. The average Bonchev–Trinajstić information content (AvgIpc) is 2.52. The molecule has 0 saturated heterocycles. The van der Waals surface area contributed by atoms with E-state index in [-0.39, 0.29) is 18.0 Å². The van der Waals surface area contributed by atoms with Crippen LogP contribution in [0.3, 0.4) is 0 Å². The molecule has 2 aromatic carbocycles. The fourth-order valence-electron chi connectivity index (χ4n) is 2.01. The highest BCUT2D eigenvalue weighted by Gasteiger charge is 2.15. The quantitative estimate of drug-likeness (QED) is 0.833. The van der Waals surface area contributed by atoms with Gasteiger partial charge in [0.25, 0.3) is 0 Å². The molecule has 0 bridgehead atoms. The van der Waals surface area contributed by atoms with Crippen LogP contribution in [-0.4, -0.2) is 24.6 Å². The minimum Gasteiger partial charge on any atom is -0.493 e. The van der Waals surface area contributed by atoms with Crippen LogP contribution in [0, 0.1) is 5.82 Å². The maximum Gasteiger partial charge on any atom is 0.161 e. The molecule has 1 atom stereocenters. The third-order valence-corrected chi connectivity index (χ3v) is 3.23. The average molecular weight is 304 g/mol. The highest BCUT2D eigenvalue weighted by atomic mass is 19.1. The van der Waals surface area contributed by atoms with Gasteiger partial charge < -0.3 is 14.6 Å². The number of carbonyl (C=O) groups excluding carboxylic acids is 1. The van der Waals surface area contributed by atoms with Crippen molar-refractivity contribution in [2.45, 2.75) is 13.0 Å². The molecule has 2 rings (SSSR count). The molecule has 0 spiro atoms. The summed E-state index contributed by atoms with van der Waals surface area (Å²) in [6.45, 7) is 1.33. The summed E-state index contributed by atoms with van der Waals surface area (Å²) in [5.74, 6) is 0.185. The lowest BCUT2D eigenvalue weighted by Gasteiger charge is -2.15. The Morgan fingerprint density at radius 2 is 1.95 bits per heavy atom. The normalized spacial score (nSPS) is 11.8. The Balaban J connectivity index is 2.11. The first-order valence-corrected chi connectivity index (χ1v) is 6.77. The first kappa shape index (κ1) is 16.0. The molecule has 1 unspecified atom stereocenters. The van der Waals surface area contributed by atoms with Gasteiger partial charge in [-0.1, -0.05) is 18.2 Å². The molecule has 0 aliphatic rings. The maximum absolute atomic E-state index is 13.6. The Labute approximate surface area is 128 Å². The monoisotopic (exact) mass is 304 g/mol. The molecule has 0 aromatic heterocycles. The van der Waals surface area contributed by atoms with Crippen LogP contribution in [0.25, 0.3) is 0 Å². The zero-order valence-electron chi connectivity index (χ0n) is 12.4. The van der Waals surface area contributed by atoms with Gasteiger partial charge in [0, 0.05) is 11.1 Å². The third kappa shape index (κ3) is 3.62. The number of aliphatic hydroxyl groups excluding tert-OH is 1. The Kier molecular flexibility index (Phi) is 5.12. The van der Waals surface area contributed by atoms with Crippen molar-refractivity contribution < 1.29 is 23.8 Å². The van der Waals surface area contributed by atoms with Gasteiger partial charge in [-0.05, 0) is 31.2 Å². The van der Waals surface area contributed by atoms with Crippen LogP contribution in [0.15, 0.2) is 42.5 Å². The van der Waals surface area contributed by atoms with Gasteiger partial charge in [0.2, 0.25) is 0 Å². The Morgan fingerprint density at radius 1 is 1.23 bits per heavy atom. The van der Waals surface area contributed by atoms with Gasteiger partial charge in [0.15, 0.2) is 17.3 Å². The molecule has 2 aromatic rings. The first-order valence-electron chi connectivity index (χ1n) is 6.77. The number of ketones is 1. The molecule has 0 radical (unpaired) electrons. The summed E-state index contributed by atoms with van der Waals surface area (Å²) in [6.07, 6.45) is -1.10. The standard InChI is InChI=1S/C17H17FO4/c1-11(19)12-7-8-16(17(9-12)21-2)22-10-15(20)13-5-3-4-6-14(13)18/h3-9,15,20H,10H2,1-2H3. The van der Waals surface area contributed by atoms with Crippen LogP contribution < -0.4 is 9.47 Å². The predicted molar refractivity (Wildman–Crippen MR) is 79.9 cm³/mol. The van der Waals surface area contributed by atoms with Gasteiger partial charge in [0.05, 0.1) is 7.11 Å². The lowest BCUT2D eigenvalue weighted by molar-refractivity contribution is 0.101. The van der Waals surface area contributed by atoms with Gasteiger partial charge >= 0.3 is 0 Å². The van der Waals surface area contributed by atoms with Crippen molar-refractivity contribution in [3.8, 4) is 11.5 Å². The third-order valence-electron chi connectivity index (χ3n) is 3.23. The maximum atomic E-state index is 13.6. The van der Waals surface area contributed by atoms with Crippen LogP contribution in [0.5, 0.6) is 11.5 Å². The van der Waals surface area contributed by atoms with Crippen LogP contribution in [0.4, 0.5) is 4.39 Å². The molecule has 0 aliphatic heterocycles. The number of hydrogen-bond acceptors (Lipinski definition) is 4. The number of hydrogen-bond donors (Lipinski definition) is 1. The number of ether oxygens (including phenoxy) is 2. The van der Waals surface area contributed by atoms with Crippen molar-refractivity contribution in [2.24, 2.45) is 0 Å². The summed E-state index contributed by atoms with van der Waals surface area (Å²) in [7, 11) is 1.46.